The molecule has 0 saturated carbocycles. The molecule has 0 aromatic heterocycles. The molecule has 2 aromatic carbocycles. The number of halogens is 3. The highest BCUT2D eigenvalue weighted by Gasteiger charge is 2.11. The Morgan fingerprint density at radius 2 is 1.71 bits per heavy atom. The van der Waals surface area contributed by atoms with Gasteiger partial charge < -0.3 is 9.47 Å². The van der Waals surface area contributed by atoms with Gasteiger partial charge in [-0.1, -0.05) is 34.8 Å². The molecule has 5 nitrogen and oxygen atoms in total. The van der Waals surface area contributed by atoms with E-state index in [4.69, 9.17) is 44.3 Å². The molecule has 2 rings (SSSR count). The fourth-order valence-electron chi connectivity index (χ4n) is 1.86. The first-order chi connectivity index (χ1) is 11.5. The monoisotopic (exact) mass is 386 g/mol. The summed E-state index contributed by atoms with van der Waals surface area (Å²) in [6.07, 6.45) is 1.39. The molecule has 0 aliphatic rings. The van der Waals surface area contributed by atoms with E-state index >= 15 is 0 Å². The molecule has 0 saturated heterocycles. The van der Waals surface area contributed by atoms with Gasteiger partial charge in [-0.3, -0.25) is 4.79 Å². The smallest absolute Gasteiger partial charge is 0.272 e. The van der Waals surface area contributed by atoms with Gasteiger partial charge in [0.15, 0.2) is 11.5 Å². The third-order valence-corrected chi connectivity index (χ3v) is 3.92. The van der Waals surface area contributed by atoms with E-state index in [0.29, 0.717) is 27.1 Å². The van der Waals surface area contributed by atoms with Crippen LogP contribution < -0.4 is 14.9 Å². The highest BCUT2D eigenvalue weighted by Crippen LogP contribution is 2.32. The van der Waals surface area contributed by atoms with E-state index in [-0.39, 0.29) is 10.6 Å². The molecule has 2 aromatic rings. The van der Waals surface area contributed by atoms with Gasteiger partial charge in [-0.15, -0.1) is 0 Å². The van der Waals surface area contributed by atoms with Gasteiger partial charge in [-0.2, -0.15) is 5.10 Å². The number of methoxy groups -OCH3 is 2. The number of rotatable bonds is 5. The first-order valence-electron chi connectivity index (χ1n) is 6.66. The van der Waals surface area contributed by atoms with Gasteiger partial charge in [0.1, 0.15) is 0 Å². The largest absolute Gasteiger partial charge is 0.493 e. The molecule has 0 spiro atoms. The van der Waals surface area contributed by atoms with Crippen molar-refractivity contribution in [2.45, 2.75) is 0 Å². The number of carbonyl (C=O) groups excluding carboxylic acids is 1. The molecule has 126 valence electrons. The Kier molecular flexibility index (Phi) is 6.31. The molecule has 0 unspecified atom stereocenters. The molecule has 0 bridgehead atoms. The van der Waals surface area contributed by atoms with Crippen molar-refractivity contribution in [3.63, 3.8) is 0 Å². The first kappa shape index (κ1) is 18.4. The zero-order chi connectivity index (χ0) is 17.7. The minimum Gasteiger partial charge on any atom is -0.493 e. The zero-order valence-electron chi connectivity index (χ0n) is 12.8. The summed E-state index contributed by atoms with van der Waals surface area (Å²) in [5, 5.41) is 4.95. The number of ether oxygens (including phenoxy) is 2. The van der Waals surface area contributed by atoms with Crippen LogP contribution in [0.2, 0.25) is 15.1 Å². The van der Waals surface area contributed by atoms with Gasteiger partial charge >= 0.3 is 0 Å². The van der Waals surface area contributed by atoms with Crippen molar-refractivity contribution in [3.8, 4) is 11.5 Å². The minimum atomic E-state index is -0.468. The summed E-state index contributed by atoms with van der Waals surface area (Å²) < 4.78 is 10.3. The lowest BCUT2D eigenvalue weighted by atomic mass is 10.2. The number of benzene rings is 2. The molecule has 0 aliphatic carbocycles. The van der Waals surface area contributed by atoms with Crippen molar-refractivity contribution in [3.05, 3.63) is 56.5 Å². The highest BCUT2D eigenvalue weighted by atomic mass is 35.5. The molecular formula is C16H13Cl3N2O3. The van der Waals surface area contributed by atoms with Crippen LogP contribution in [0.1, 0.15) is 15.9 Å². The minimum absolute atomic E-state index is 0.236. The number of amides is 1. The van der Waals surface area contributed by atoms with Crippen molar-refractivity contribution in [1.82, 2.24) is 5.43 Å². The van der Waals surface area contributed by atoms with Crippen molar-refractivity contribution < 1.29 is 14.3 Å². The average molecular weight is 388 g/mol. The molecule has 1 amide bonds. The van der Waals surface area contributed by atoms with Crippen LogP contribution in [0.4, 0.5) is 0 Å². The lowest BCUT2D eigenvalue weighted by molar-refractivity contribution is 0.0955. The molecule has 0 fully saturated rings. The fourth-order valence-corrected chi connectivity index (χ4v) is 2.56. The maximum Gasteiger partial charge on any atom is 0.272 e. The topological polar surface area (TPSA) is 59.9 Å². The molecule has 0 aliphatic heterocycles. The summed E-state index contributed by atoms with van der Waals surface area (Å²) in [6.45, 7) is 0. The molecule has 0 atom stereocenters. The second-order valence-electron chi connectivity index (χ2n) is 4.55. The number of carbonyl (C=O) groups is 1. The molecule has 0 heterocycles. The zero-order valence-corrected chi connectivity index (χ0v) is 15.0. The van der Waals surface area contributed by atoms with Crippen LogP contribution >= 0.6 is 34.8 Å². The number of hydrogen-bond donors (Lipinski definition) is 1. The van der Waals surface area contributed by atoms with Crippen molar-refractivity contribution in [2.24, 2.45) is 5.10 Å². The Labute approximate surface area is 154 Å². The second kappa shape index (κ2) is 8.24. The molecule has 0 radical (unpaired) electrons. The van der Waals surface area contributed by atoms with E-state index in [1.165, 1.54) is 32.6 Å². The first-order valence-corrected chi connectivity index (χ1v) is 7.79. The molecular weight excluding hydrogens is 375 g/mol. The second-order valence-corrected chi connectivity index (χ2v) is 5.80. The summed E-state index contributed by atoms with van der Waals surface area (Å²) in [6, 6.07) is 7.80. The van der Waals surface area contributed by atoms with Gasteiger partial charge in [0.2, 0.25) is 0 Å². The van der Waals surface area contributed by atoms with E-state index in [9.17, 15) is 4.79 Å². The van der Waals surface area contributed by atoms with Crippen LogP contribution in [-0.2, 0) is 0 Å². The van der Waals surface area contributed by atoms with Crippen LogP contribution in [0.5, 0.6) is 11.5 Å². The Balaban J connectivity index is 2.15. The van der Waals surface area contributed by atoms with Crippen molar-refractivity contribution in [1.29, 1.82) is 0 Å². The maximum absolute atomic E-state index is 12.0. The van der Waals surface area contributed by atoms with Crippen LogP contribution in [-0.4, -0.2) is 26.3 Å². The quantitative estimate of drug-likeness (QED) is 0.610. The van der Waals surface area contributed by atoms with Gasteiger partial charge in [-0.25, -0.2) is 5.43 Å². The predicted octanol–water partition coefficient (Wildman–Crippen LogP) is 4.43. The normalized spacial score (nSPS) is 10.7. The van der Waals surface area contributed by atoms with Gasteiger partial charge in [0.05, 0.1) is 36.0 Å². The van der Waals surface area contributed by atoms with E-state index in [0.717, 1.165) is 0 Å². The van der Waals surface area contributed by atoms with E-state index in [1.807, 2.05) is 0 Å². The maximum atomic E-state index is 12.0. The summed E-state index contributed by atoms with van der Waals surface area (Å²) in [5.41, 5.74) is 3.19. The highest BCUT2D eigenvalue weighted by molar-refractivity contribution is 6.36. The third kappa shape index (κ3) is 4.32. The van der Waals surface area contributed by atoms with Gasteiger partial charge in [-0.05, 0) is 24.3 Å². The van der Waals surface area contributed by atoms with Gasteiger partial charge in [0.25, 0.3) is 5.91 Å². The number of nitrogens with zero attached hydrogens (tertiary/aromatic N) is 1. The average Bonchev–Trinajstić information content (AvgIpc) is 2.55. The Bertz CT molecular complexity index is 794. The summed E-state index contributed by atoms with van der Waals surface area (Å²) in [7, 11) is 3.02. The van der Waals surface area contributed by atoms with Crippen LogP contribution in [0.3, 0.4) is 0 Å². The third-order valence-electron chi connectivity index (χ3n) is 3.05. The number of hydrazone groups is 1. The van der Waals surface area contributed by atoms with Crippen LogP contribution in [0.25, 0.3) is 0 Å². The fraction of sp³-hybridized carbons (Fsp3) is 0.125. The van der Waals surface area contributed by atoms with E-state index < -0.39 is 5.91 Å². The van der Waals surface area contributed by atoms with E-state index in [2.05, 4.69) is 10.5 Å². The lowest BCUT2D eigenvalue weighted by Gasteiger charge is -2.09. The standard InChI is InChI=1S/C16H13Cl3N2O3/c1-23-14-5-9(12(18)7-15(14)24-2)8-20-21-16(22)11-4-3-10(17)6-13(11)19/h3-8H,1-2H3,(H,21,22)/b20-8+. The number of nitrogens with one attached hydrogen (secondary N) is 1. The summed E-state index contributed by atoms with van der Waals surface area (Å²) >= 11 is 17.9. The molecule has 1 N–H and O–H groups in total. The Morgan fingerprint density at radius 1 is 1.04 bits per heavy atom. The lowest BCUT2D eigenvalue weighted by Crippen LogP contribution is -2.18. The number of hydrogen-bond acceptors (Lipinski definition) is 4. The van der Waals surface area contributed by atoms with Crippen molar-refractivity contribution >= 4 is 46.9 Å². The SMILES string of the molecule is COc1cc(Cl)c(/C=N/NC(=O)c2ccc(Cl)cc2Cl)cc1OC. The predicted molar refractivity (Wildman–Crippen MR) is 96.1 cm³/mol. The van der Waals surface area contributed by atoms with Crippen LogP contribution in [0, 0.1) is 0 Å². The Morgan fingerprint density at radius 3 is 2.33 bits per heavy atom. The molecule has 8 heteroatoms. The summed E-state index contributed by atoms with van der Waals surface area (Å²) in [5.74, 6) is 0.525. The van der Waals surface area contributed by atoms with Crippen molar-refractivity contribution in [2.75, 3.05) is 14.2 Å². The Hall–Kier alpha value is -1.95. The van der Waals surface area contributed by atoms with E-state index in [1.54, 1.807) is 18.2 Å². The van der Waals surface area contributed by atoms with Gasteiger partial charge in [0, 0.05) is 16.7 Å². The summed E-state index contributed by atoms with van der Waals surface area (Å²) in [4.78, 5) is 12.0. The molecule has 24 heavy (non-hydrogen) atoms. The van der Waals surface area contributed by atoms with Crippen LogP contribution in [0.15, 0.2) is 35.4 Å².